The average molecular weight is 325 g/mol. The standard InChI is InChI=1S/C20H23NO3/c1-13(2)17(22)10-12-20(3)11-9-15-18(24-20)14-7-5-6-8-16(14)21(4)19(15)23/h5-9,11,13H,10,12H2,1-4H3. The second kappa shape index (κ2) is 5.93. The first-order valence-electron chi connectivity index (χ1n) is 8.35. The fraction of sp³-hybridized carbons (Fsp3) is 0.400. The molecule has 1 aliphatic rings. The van der Waals surface area contributed by atoms with Crippen molar-refractivity contribution in [2.45, 2.75) is 39.2 Å². The number of fused-ring (bicyclic) bond motifs is 3. The highest BCUT2D eigenvalue weighted by Crippen LogP contribution is 2.37. The first-order chi connectivity index (χ1) is 11.3. The number of aryl methyl sites for hydroxylation is 1. The van der Waals surface area contributed by atoms with Gasteiger partial charge in [0.05, 0.1) is 11.1 Å². The number of hydrogen-bond donors (Lipinski definition) is 0. The van der Waals surface area contributed by atoms with Crippen molar-refractivity contribution in [3.05, 3.63) is 46.3 Å². The molecule has 3 rings (SSSR count). The Morgan fingerprint density at radius 3 is 2.71 bits per heavy atom. The molecule has 1 atom stereocenters. The largest absolute Gasteiger partial charge is 0.482 e. The molecule has 0 radical (unpaired) electrons. The second-order valence-corrected chi connectivity index (χ2v) is 6.99. The van der Waals surface area contributed by atoms with Crippen LogP contribution in [0.3, 0.4) is 0 Å². The zero-order chi connectivity index (χ0) is 17.5. The second-order valence-electron chi connectivity index (χ2n) is 6.99. The summed E-state index contributed by atoms with van der Waals surface area (Å²) in [6, 6.07) is 7.73. The van der Waals surface area contributed by atoms with Gasteiger partial charge >= 0.3 is 0 Å². The Kier molecular flexibility index (Phi) is 4.08. The molecule has 0 aliphatic carbocycles. The van der Waals surface area contributed by atoms with Crippen molar-refractivity contribution in [2.75, 3.05) is 0 Å². The van der Waals surface area contributed by atoms with E-state index in [-0.39, 0.29) is 17.3 Å². The van der Waals surface area contributed by atoms with Gasteiger partial charge in [-0.25, -0.2) is 0 Å². The highest BCUT2D eigenvalue weighted by molar-refractivity contribution is 5.89. The van der Waals surface area contributed by atoms with E-state index in [0.717, 1.165) is 10.9 Å². The lowest BCUT2D eigenvalue weighted by atomic mass is 9.91. The summed E-state index contributed by atoms with van der Waals surface area (Å²) in [4.78, 5) is 24.5. The van der Waals surface area contributed by atoms with Crippen LogP contribution in [-0.4, -0.2) is 16.0 Å². The number of nitrogens with zero attached hydrogens (tertiary/aromatic N) is 1. The Morgan fingerprint density at radius 1 is 1.29 bits per heavy atom. The van der Waals surface area contributed by atoms with Crippen LogP contribution in [0.5, 0.6) is 5.75 Å². The molecule has 2 aromatic rings. The van der Waals surface area contributed by atoms with Crippen LogP contribution in [0.25, 0.3) is 17.0 Å². The number of aromatic nitrogens is 1. The van der Waals surface area contributed by atoms with Crippen LogP contribution in [0.4, 0.5) is 0 Å². The lowest BCUT2D eigenvalue weighted by molar-refractivity contribution is -0.122. The van der Waals surface area contributed by atoms with Crippen molar-refractivity contribution in [1.82, 2.24) is 4.57 Å². The molecule has 1 unspecified atom stereocenters. The number of rotatable bonds is 4. The maximum Gasteiger partial charge on any atom is 0.261 e. The van der Waals surface area contributed by atoms with Crippen molar-refractivity contribution in [3.8, 4) is 5.75 Å². The molecular formula is C20H23NO3. The summed E-state index contributed by atoms with van der Waals surface area (Å²) in [5, 5.41) is 0.917. The molecule has 1 aromatic heterocycles. The minimum absolute atomic E-state index is 0.0292. The quantitative estimate of drug-likeness (QED) is 0.861. The molecule has 1 aromatic carbocycles. The average Bonchev–Trinajstić information content (AvgIpc) is 2.57. The molecule has 126 valence electrons. The van der Waals surface area contributed by atoms with Gasteiger partial charge in [-0.3, -0.25) is 9.59 Å². The van der Waals surface area contributed by atoms with Crippen molar-refractivity contribution in [3.63, 3.8) is 0 Å². The van der Waals surface area contributed by atoms with Crippen LogP contribution in [-0.2, 0) is 11.8 Å². The first kappa shape index (κ1) is 16.5. The van der Waals surface area contributed by atoms with Crippen molar-refractivity contribution in [2.24, 2.45) is 13.0 Å². The van der Waals surface area contributed by atoms with Crippen LogP contribution >= 0.6 is 0 Å². The minimum atomic E-state index is -0.577. The molecular weight excluding hydrogens is 302 g/mol. The Balaban J connectivity index is 2.02. The first-order valence-corrected chi connectivity index (χ1v) is 8.35. The lowest BCUT2D eigenvalue weighted by Crippen LogP contribution is -2.35. The number of hydrogen-bond acceptors (Lipinski definition) is 3. The number of ketones is 1. The summed E-state index contributed by atoms with van der Waals surface area (Å²) >= 11 is 0. The van der Waals surface area contributed by atoms with Gasteiger partial charge in [0.1, 0.15) is 17.1 Å². The normalized spacial score (nSPS) is 19.4. The third kappa shape index (κ3) is 2.77. The molecule has 2 heterocycles. The minimum Gasteiger partial charge on any atom is -0.482 e. The monoisotopic (exact) mass is 325 g/mol. The van der Waals surface area contributed by atoms with E-state index in [9.17, 15) is 9.59 Å². The molecule has 0 fully saturated rings. The number of ether oxygens (including phenoxy) is 1. The Morgan fingerprint density at radius 2 is 2.00 bits per heavy atom. The van der Waals surface area contributed by atoms with Crippen molar-refractivity contribution < 1.29 is 9.53 Å². The molecule has 0 saturated heterocycles. The number of Topliss-reactive ketones (excluding diaryl/α,β-unsaturated/α-hetero) is 1. The summed E-state index contributed by atoms with van der Waals surface area (Å²) in [6.45, 7) is 5.79. The molecule has 24 heavy (non-hydrogen) atoms. The van der Waals surface area contributed by atoms with Gasteiger partial charge in [0.2, 0.25) is 0 Å². The topological polar surface area (TPSA) is 48.3 Å². The predicted molar refractivity (Wildman–Crippen MR) is 96.3 cm³/mol. The van der Waals surface area contributed by atoms with E-state index in [1.807, 2.05) is 57.2 Å². The van der Waals surface area contributed by atoms with Gasteiger partial charge in [-0.2, -0.15) is 0 Å². The summed E-state index contributed by atoms with van der Waals surface area (Å²) < 4.78 is 7.89. The number of carbonyl (C=O) groups is 1. The summed E-state index contributed by atoms with van der Waals surface area (Å²) in [7, 11) is 1.77. The Labute approximate surface area is 141 Å². The van der Waals surface area contributed by atoms with Gasteiger partial charge in [0.15, 0.2) is 0 Å². The van der Waals surface area contributed by atoms with E-state index in [4.69, 9.17) is 4.74 Å². The maximum atomic E-state index is 12.6. The number of carbonyl (C=O) groups excluding carboxylic acids is 1. The van der Waals surface area contributed by atoms with Crippen molar-refractivity contribution >= 4 is 22.8 Å². The van der Waals surface area contributed by atoms with E-state index < -0.39 is 5.60 Å². The summed E-state index contributed by atoms with van der Waals surface area (Å²) in [5.41, 5.74) is 0.772. The molecule has 0 spiro atoms. The predicted octanol–water partition coefficient (Wildman–Crippen LogP) is 3.71. The molecule has 0 bridgehead atoms. The third-order valence-corrected chi connectivity index (χ3v) is 4.74. The Bertz CT molecular complexity index is 892. The van der Waals surface area contributed by atoms with Gasteiger partial charge in [-0.15, -0.1) is 0 Å². The smallest absolute Gasteiger partial charge is 0.261 e. The maximum absolute atomic E-state index is 12.6. The van der Waals surface area contributed by atoms with Crippen LogP contribution in [0.15, 0.2) is 35.1 Å². The zero-order valence-electron chi connectivity index (χ0n) is 14.6. The highest BCUT2D eigenvalue weighted by Gasteiger charge is 2.31. The van der Waals surface area contributed by atoms with Gasteiger partial charge < -0.3 is 9.30 Å². The molecule has 1 aliphatic heterocycles. The molecule has 4 nitrogen and oxygen atoms in total. The zero-order valence-corrected chi connectivity index (χ0v) is 14.6. The fourth-order valence-electron chi connectivity index (χ4n) is 3.07. The Hall–Kier alpha value is -2.36. The molecule has 4 heteroatoms. The summed E-state index contributed by atoms with van der Waals surface area (Å²) in [6.07, 6.45) is 4.81. The molecule has 0 amide bonds. The van der Waals surface area contributed by atoms with Crippen LogP contribution < -0.4 is 10.3 Å². The van der Waals surface area contributed by atoms with E-state index in [2.05, 4.69) is 0 Å². The highest BCUT2D eigenvalue weighted by atomic mass is 16.5. The van der Waals surface area contributed by atoms with Crippen LogP contribution in [0.1, 0.15) is 39.2 Å². The van der Waals surface area contributed by atoms with Crippen LogP contribution in [0.2, 0.25) is 0 Å². The number of benzene rings is 1. The van der Waals surface area contributed by atoms with E-state index >= 15 is 0 Å². The van der Waals surface area contributed by atoms with E-state index in [1.165, 1.54) is 0 Å². The fourth-order valence-corrected chi connectivity index (χ4v) is 3.07. The van der Waals surface area contributed by atoms with E-state index in [1.54, 1.807) is 11.6 Å². The van der Waals surface area contributed by atoms with Gasteiger partial charge in [0.25, 0.3) is 5.56 Å². The third-order valence-electron chi connectivity index (χ3n) is 4.74. The van der Waals surface area contributed by atoms with Gasteiger partial charge in [-0.1, -0.05) is 26.0 Å². The van der Waals surface area contributed by atoms with Crippen molar-refractivity contribution in [1.29, 1.82) is 0 Å². The molecule has 0 saturated carbocycles. The number of pyridine rings is 1. The SMILES string of the molecule is CC(C)C(=O)CCC1(C)C=Cc2c(c3ccccc3n(C)c2=O)O1. The van der Waals surface area contributed by atoms with Gasteiger partial charge in [0, 0.05) is 24.8 Å². The van der Waals surface area contributed by atoms with E-state index in [0.29, 0.717) is 24.2 Å². The molecule has 0 N–H and O–H groups in total. The lowest BCUT2D eigenvalue weighted by Gasteiger charge is -2.32. The van der Waals surface area contributed by atoms with Gasteiger partial charge in [-0.05, 0) is 37.6 Å². The van der Waals surface area contributed by atoms with Crippen LogP contribution in [0, 0.1) is 5.92 Å². The summed E-state index contributed by atoms with van der Waals surface area (Å²) in [5.74, 6) is 0.880. The number of para-hydroxylation sites is 1.